The number of rotatable bonds is 2. The van der Waals surface area contributed by atoms with E-state index in [1.54, 1.807) is 0 Å². The lowest BCUT2D eigenvalue weighted by molar-refractivity contribution is -0.119. The fraction of sp³-hybridized carbons (Fsp3) is 0.500. The first-order valence-corrected chi connectivity index (χ1v) is 7.52. The lowest BCUT2D eigenvalue weighted by atomic mass is 10.0. The Balaban J connectivity index is 1.86. The van der Waals surface area contributed by atoms with Gasteiger partial charge < -0.3 is 9.64 Å². The number of amides is 1. The maximum atomic E-state index is 12.1. The SMILES string of the molecule is O=C1CCc2cc(I)ccc2N1CC1CCCO1. The topological polar surface area (TPSA) is 29.5 Å². The van der Waals surface area contributed by atoms with Gasteiger partial charge in [-0.1, -0.05) is 0 Å². The molecule has 4 heteroatoms. The number of carbonyl (C=O) groups is 1. The normalized spacial score (nSPS) is 23.3. The summed E-state index contributed by atoms with van der Waals surface area (Å²) >= 11 is 2.32. The summed E-state index contributed by atoms with van der Waals surface area (Å²) in [5.74, 6) is 0.235. The van der Waals surface area contributed by atoms with Crippen LogP contribution in [0.15, 0.2) is 18.2 Å². The van der Waals surface area contributed by atoms with Gasteiger partial charge >= 0.3 is 0 Å². The second kappa shape index (κ2) is 5.17. The molecular weight excluding hydrogens is 341 g/mol. The summed E-state index contributed by atoms with van der Waals surface area (Å²) in [6.07, 6.45) is 3.90. The molecule has 3 nitrogen and oxygen atoms in total. The quantitative estimate of drug-likeness (QED) is 0.762. The van der Waals surface area contributed by atoms with Crippen molar-refractivity contribution in [3.63, 3.8) is 0 Å². The van der Waals surface area contributed by atoms with E-state index in [0.717, 1.165) is 31.6 Å². The fourth-order valence-electron chi connectivity index (χ4n) is 2.72. The molecule has 0 N–H and O–H groups in total. The Morgan fingerprint density at radius 1 is 1.39 bits per heavy atom. The molecule has 0 radical (unpaired) electrons. The summed E-state index contributed by atoms with van der Waals surface area (Å²) in [5.41, 5.74) is 2.38. The Kier molecular flexibility index (Phi) is 3.56. The second-order valence-corrected chi connectivity index (χ2v) is 6.16. The zero-order valence-electron chi connectivity index (χ0n) is 10.2. The van der Waals surface area contributed by atoms with Crippen LogP contribution in [-0.2, 0) is 16.0 Å². The van der Waals surface area contributed by atoms with Crippen LogP contribution in [0.25, 0.3) is 0 Å². The molecule has 0 aliphatic carbocycles. The van der Waals surface area contributed by atoms with Crippen LogP contribution in [0.4, 0.5) is 5.69 Å². The summed E-state index contributed by atoms with van der Waals surface area (Å²) in [6.45, 7) is 1.55. The molecule has 1 aromatic rings. The van der Waals surface area contributed by atoms with Crippen molar-refractivity contribution in [1.82, 2.24) is 0 Å². The molecule has 3 rings (SSSR count). The van der Waals surface area contributed by atoms with Crippen molar-refractivity contribution in [2.45, 2.75) is 31.8 Å². The highest BCUT2D eigenvalue weighted by Crippen LogP contribution is 2.30. The molecule has 2 aliphatic heterocycles. The van der Waals surface area contributed by atoms with Crippen molar-refractivity contribution in [2.75, 3.05) is 18.1 Å². The standard InChI is InChI=1S/C14H16INO2/c15-11-4-5-13-10(8-11)3-6-14(17)16(13)9-12-2-1-7-18-12/h4-5,8,12H,1-3,6-7,9H2. The van der Waals surface area contributed by atoms with Crippen LogP contribution in [0.3, 0.4) is 0 Å². The van der Waals surface area contributed by atoms with Gasteiger partial charge in [0.1, 0.15) is 0 Å². The third kappa shape index (κ3) is 2.40. The molecule has 1 atom stereocenters. The van der Waals surface area contributed by atoms with E-state index < -0.39 is 0 Å². The number of anilines is 1. The number of aryl methyl sites for hydroxylation is 1. The summed E-state index contributed by atoms with van der Waals surface area (Å²) in [6, 6.07) is 6.33. The Morgan fingerprint density at radius 2 is 2.28 bits per heavy atom. The van der Waals surface area contributed by atoms with Crippen molar-refractivity contribution in [3.05, 3.63) is 27.3 Å². The van der Waals surface area contributed by atoms with Gasteiger partial charge in [0, 0.05) is 22.3 Å². The maximum Gasteiger partial charge on any atom is 0.227 e. The first-order valence-electron chi connectivity index (χ1n) is 6.44. The van der Waals surface area contributed by atoms with Crippen molar-refractivity contribution in [1.29, 1.82) is 0 Å². The summed E-state index contributed by atoms with van der Waals surface area (Å²) in [5, 5.41) is 0. The van der Waals surface area contributed by atoms with Crippen molar-refractivity contribution >= 4 is 34.2 Å². The van der Waals surface area contributed by atoms with Crippen molar-refractivity contribution < 1.29 is 9.53 Å². The largest absolute Gasteiger partial charge is 0.376 e. The molecule has 1 fully saturated rings. The van der Waals surface area contributed by atoms with Gasteiger partial charge in [-0.25, -0.2) is 0 Å². The van der Waals surface area contributed by atoms with Gasteiger partial charge in [-0.05, 0) is 65.6 Å². The third-order valence-electron chi connectivity index (χ3n) is 3.65. The number of ether oxygens (including phenoxy) is 1. The van der Waals surface area contributed by atoms with Gasteiger partial charge in [0.2, 0.25) is 5.91 Å². The predicted octanol–water partition coefficient (Wildman–Crippen LogP) is 2.75. The van der Waals surface area contributed by atoms with Crippen LogP contribution >= 0.6 is 22.6 Å². The molecule has 0 aromatic heterocycles. The molecule has 1 aromatic carbocycles. The van der Waals surface area contributed by atoms with E-state index in [1.165, 1.54) is 9.13 Å². The van der Waals surface area contributed by atoms with E-state index in [2.05, 4.69) is 40.8 Å². The molecule has 96 valence electrons. The fourth-order valence-corrected chi connectivity index (χ4v) is 3.28. The van der Waals surface area contributed by atoms with Crippen LogP contribution in [0, 0.1) is 3.57 Å². The zero-order valence-corrected chi connectivity index (χ0v) is 12.4. The highest BCUT2D eigenvalue weighted by molar-refractivity contribution is 14.1. The highest BCUT2D eigenvalue weighted by atomic mass is 127. The van der Waals surface area contributed by atoms with Gasteiger partial charge in [-0.3, -0.25) is 4.79 Å². The van der Waals surface area contributed by atoms with E-state index in [1.807, 2.05) is 4.90 Å². The average Bonchev–Trinajstić information content (AvgIpc) is 2.86. The summed E-state index contributed by atoms with van der Waals surface area (Å²) < 4.78 is 6.88. The second-order valence-electron chi connectivity index (χ2n) is 4.91. The molecule has 0 bridgehead atoms. The molecule has 2 heterocycles. The van der Waals surface area contributed by atoms with Gasteiger partial charge in [-0.2, -0.15) is 0 Å². The first kappa shape index (κ1) is 12.4. The first-order chi connectivity index (χ1) is 8.74. The minimum atomic E-state index is 0.221. The molecule has 0 spiro atoms. The molecule has 1 amide bonds. The van der Waals surface area contributed by atoms with E-state index >= 15 is 0 Å². The highest BCUT2D eigenvalue weighted by Gasteiger charge is 2.28. The van der Waals surface area contributed by atoms with Crippen molar-refractivity contribution in [2.24, 2.45) is 0 Å². The number of carbonyl (C=O) groups excluding carboxylic acids is 1. The zero-order chi connectivity index (χ0) is 12.5. The van der Waals surface area contributed by atoms with Crippen LogP contribution in [0.5, 0.6) is 0 Å². The number of nitrogens with zero attached hydrogens (tertiary/aromatic N) is 1. The van der Waals surface area contributed by atoms with Crippen LogP contribution in [0.2, 0.25) is 0 Å². The smallest absolute Gasteiger partial charge is 0.227 e. The van der Waals surface area contributed by atoms with Crippen molar-refractivity contribution in [3.8, 4) is 0 Å². The van der Waals surface area contributed by atoms with E-state index in [9.17, 15) is 4.79 Å². The molecule has 0 saturated carbocycles. The van der Waals surface area contributed by atoms with Gasteiger partial charge in [0.05, 0.1) is 12.6 Å². The lowest BCUT2D eigenvalue weighted by Crippen LogP contribution is -2.40. The molecule has 1 unspecified atom stereocenters. The maximum absolute atomic E-state index is 12.1. The van der Waals surface area contributed by atoms with Crippen LogP contribution in [0.1, 0.15) is 24.8 Å². The number of halogens is 1. The van der Waals surface area contributed by atoms with Gasteiger partial charge in [0.15, 0.2) is 0 Å². The van der Waals surface area contributed by atoms with Crippen LogP contribution < -0.4 is 4.90 Å². The van der Waals surface area contributed by atoms with Crippen LogP contribution in [-0.4, -0.2) is 25.2 Å². The number of fused-ring (bicyclic) bond motifs is 1. The van der Waals surface area contributed by atoms with E-state index in [-0.39, 0.29) is 12.0 Å². The predicted molar refractivity (Wildman–Crippen MR) is 78.8 cm³/mol. The minimum absolute atomic E-state index is 0.221. The summed E-state index contributed by atoms with van der Waals surface area (Å²) in [7, 11) is 0. The summed E-state index contributed by atoms with van der Waals surface area (Å²) in [4.78, 5) is 14.0. The Labute approximate surface area is 121 Å². The van der Waals surface area contributed by atoms with E-state index in [4.69, 9.17) is 4.74 Å². The molecule has 18 heavy (non-hydrogen) atoms. The van der Waals surface area contributed by atoms with Gasteiger partial charge in [0.25, 0.3) is 0 Å². The number of benzene rings is 1. The Bertz CT molecular complexity index is 469. The lowest BCUT2D eigenvalue weighted by Gasteiger charge is -2.31. The Hall–Kier alpha value is -0.620. The number of hydrogen-bond donors (Lipinski definition) is 0. The minimum Gasteiger partial charge on any atom is -0.376 e. The van der Waals surface area contributed by atoms with Gasteiger partial charge in [-0.15, -0.1) is 0 Å². The monoisotopic (exact) mass is 357 g/mol. The number of hydrogen-bond acceptors (Lipinski definition) is 2. The molecular formula is C14H16INO2. The molecule has 1 saturated heterocycles. The average molecular weight is 357 g/mol. The molecule has 2 aliphatic rings. The van der Waals surface area contributed by atoms with E-state index in [0.29, 0.717) is 13.0 Å². The Morgan fingerprint density at radius 3 is 3.06 bits per heavy atom. The third-order valence-corrected chi connectivity index (χ3v) is 4.32.